The molecule has 1 heterocycles. The minimum absolute atomic E-state index is 0.0473. The van der Waals surface area contributed by atoms with Crippen molar-refractivity contribution < 1.29 is 4.79 Å². The predicted octanol–water partition coefficient (Wildman–Crippen LogP) is 1.44. The van der Waals surface area contributed by atoms with Crippen LogP contribution in [0.3, 0.4) is 0 Å². The number of rotatable bonds is 6. The molecule has 5 nitrogen and oxygen atoms in total. The molecule has 1 atom stereocenters. The van der Waals surface area contributed by atoms with Crippen LogP contribution in [0.25, 0.3) is 0 Å². The van der Waals surface area contributed by atoms with Crippen molar-refractivity contribution in [1.29, 1.82) is 0 Å². The van der Waals surface area contributed by atoms with Gasteiger partial charge in [-0.3, -0.25) is 9.59 Å². The van der Waals surface area contributed by atoms with Crippen molar-refractivity contribution in [1.82, 2.24) is 9.47 Å². The number of hydrogen-bond acceptors (Lipinski definition) is 3. The van der Waals surface area contributed by atoms with Gasteiger partial charge in [-0.25, -0.2) is 0 Å². The summed E-state index contributed by atoms with van der Waals surface area (Å²) in [5.41, 5.74) is 5.78. The van der Waals surface area contributed by atoms with E-state index in [2.05, 4.69) is 29.8 Å². The van der Waals surface area contributed by atoms with E-state index in [0.717, 1.165) is 10.9 Å². The molecule has 1 rings (SSSR count). The average molecular weight is 344 g/mol. The zero-order valence-corrected chi connectivity index (χ0v) is 13.8. The second-order valence-electron chi connectivity index (χ2n) is 5.33. The van der Waals surface area contributed by atoms with Gasteiger partial charge in [0.25, 0.3) is 5.56 Å². The van der Waals surface area contributed by atoms with Crippen molar-refractivity contribution in [3.63, 3.8) is 0 Å². The molecule has 0 bridgehead atoms. The lowest BCUT2D eigenvalue weighted by molar-refractivity contribution is -0.130. The normalized spacial score (nSPS) is 12.5. The summed E-state index contributed by atoms with van der Waals surface area (Å²) < 4.78 is 2.17. The Labute approximate surface area is 127 Å². The summed E-state index contributed by atoms with van der Waals surface area (Å²) in [5, 5.41) is 0. The van der Waals surface area contributed by atoms with Crippen LogP contribution in [0.2, 0.25) is 0 Å². The lowest BCUT2D eigenvalue weighted by atomic mass is 10.0. The SMILES string of the molecule is CC(C)C(N)CCN(C)C(=O)Cn1cc(Br)ccc1=O. The Morgan fingerprint density at radius 1 is 1.45 bits per heavy atom. The summed E-state index contributed by atoms with van der Waals surface area (Å²) in [6, 6.07) is 3.18. The predicted molar refractivity (Wildman–Crippen MR) is 83.5 cm³/mol. The molecule has 1 aromatic heterocycles. The molecule has 0 aliphatic heterocycles. The van der Waals surface area contributed by atoms with Gasteiger partial charge in [-0.2, -0.15) is 0 Å². The Morgan fingerprint density at radius 2 is 2.10 bits per heavy atom. The maximum absolute atomic E-state index is 12.1. The van der Waals surface area contributed by atoms with Gasteiger partial charge in [0.1, 0.15) is 6.54 Å². The summed E-state index contributed by atoms with van der Waals surface area (Å²) in [6.07, 6.45) is 2.38. The largest absolute Gasteiger partial charge is 0.344 e. The van der Waals surface area contributed by atoms with Crippen LogP contribution in [0.5, 0.6) is 0 Å². The molecule has 0 aliphatic carbocycles. The molecular weight excluding hydrogens is 322 g/mol. The Kier molecular flexibility index (Phi) is 6.42. The lowest BCUT2D eigenvalue weighted by Crippen LogP contribution is -2.37. The van der Waals surface area contributed by atoms with E-state index in [1.807, 2.05) is 0 Å². The first-order chi connectivity index (χ1) is 9.31. The number of nitrogens with zero attached hydrogens (tertiary/aromatic N) is 2. The zero-order chi connectivity index (χ0) is 15.3. The second kappa shape index (κ2) is 7.59. The lowest BCUT2D eigenvalue weighted by Gasteiger charge is -2.22. The highest BCUT2D eigenvalue weighted by atomic mass is 79.9. The van der Waals surface area contributed by atoms with E-state index in [-0.39, 0.29) is 24.1 Å². The van der Waals surface area contributed by atoms with E-state index in [1.165, 1.54) is 10.6 Å². The van der Waals surface area contributed by atoms with Crippen molar-refractivity contribution in [2.75, 3.05) is 13.6 Å². The smallest absolute Gasteiger partial charge is 0.251 e. The highest BCUT2D eigenvalue weighted by Crippen LogP contribution is 2.06. The molecule has 0 fully saturated rings. The quantitative estimate of drug-likeness (QED) is 0.849. The van der Waals surface area contributed by atoms with Crippen LogP contribution in [0.15, 0.2) is 27.6 Å². The van der Waals surface area contributed by atoms with E-state index >= 15 is 0 Å². The van der Waals surface area contributed by atoms with Crippen LogP contribution < -0.4 is 11.3 Å². The van der Waals surface area contributed by atoms with Gasteiger partial charge < -0.3 is 15.2 Å². The van der Waals surface area contributed by atoms with Gasteiger partial charge in [0.05, 0.1) is 0 Å². The summed E-state index contributed by atoms with van der Waals surface area (Å²) >= 11 is 3.29. The van der Waals surface area contributed by atoms with Gasteiger partial charge in [0.2, 0.25) is 5.91 Å². The third-order valence-electron chi connectivity index (χ3n) is 3.33. The maximum atomic E-state index is 12.1. The molecule has 1 unspecified atom stereocenters. The number of likely N-dealkylation sites (N-methyl/N-ethyl adjacent to an activating group) is 1. The molecule has 1 amide bonds. The molecular formula is C14H22BrN3O2. The number of amides is 1. The number of aromatic nitrogens is 1. The van der Waals surface area contributed by atoms with Gasteiger partial charge in [-0.1, -0.05) is 13.8 Å². The first kappa shape index (κ1) is 16.9. The Morgan fingerprint density at radius 3 is 2.70 bits per heavy atom. The van der Waals surface area contributed by atoms with Crippen LogP contribution in [-0.2, 0) is 11.3 Å². The first-order valence-electron chi connectivity index (χ1n) is 6.66. The highest BCUT2D eigenvalue weighted by molar-refractivity contribution is 9.10. The molecule has 2 N–H and O–H groups in total. The summed E-state index contributed by atoms with van der Waals surface area (Å²) in [7, 11) is 1.73. The number of nitrogens with two attached hydrogens (primary N) is 1. The van der Waals surface area contributed by atoms with Crippen LogP contribution >= 0.6 is 15.9 Å². The van der Waals surface area contributed by atoms with Crippen LogP contribution in [0.4, 0.5) is 0 Å². The summed E-state index contributed by atoms with van der Waals surface area (Å²) in [5.74, 6) is 0.298. The molecule has 1 aromatic rings. The number of halogens is 1. The Bertz CT molecular complexity index is 513. The molecule has 0 radical (unpaired) electrons. The Hall–Kier alpha value is -1.14. The van der Waals surface area contributed by atoms with Crippen LogP contribution in [-0.4, -0.2) is 35.0 Å². The van der Waals surface area contributed by atoms with Crippen molar-refractivity contribution in [2.45, 2.75) is 32.9 Å². The van der Waals surface area contributed by atoms with Gasteiger partial charge in [0.15, 0.2) is 0 Å². The summed E-state index contributed by atoms with van der Waals surface area (Å²) in [4.78, 5) is 25.3. The fourth-order valence-corrected chi connectivity index (χ4v) is 2.07. The molecule has 20 heavy (non-hydrogen) atoms. The van der Waals surface area contributed by atoms with E-state index in [0.29, 0.717) is 12.5 Å². The van der Waals surface area contributed by atoms with Crippen molar-refractivity contribution in [3.8, 4) is 0 Å². The molecule has 0 saturated heterocycles. The molecule has 0 aromatic carbocycles. The number of hydrogen-bond donors (Lipinski definition) is 1. The second-order valence-corrected chi connectivity index (χ2v) is 6.24. The van der Waals surface area contributed by atoms with Gasteiger partial charge in [0, 0.05) is 36.4 Å². The topological polar surface area (TPSA) is 68.3 Å². The van der Waals surface area contributed by atoms with Crippen molar-refractivity contribution in [3.05, 3.63) is 33.2 Å². The average Bonchev–Trinajstić information content (AvgIpc) is 2.39. The fourth-order valence-electron chi connectivity index (χ4n) is 1.69. The first-order valence-corrected chi connectivity index (χ1v) is 7.46. The van der Waals surface area contributed by atoms with Crippen LogP contribution in [0.1, 0.15) is 20.3 Å². The van der Waals surface area contributed by atoms with Crippen LogP contribution in [0, 0.1) is 5.92 Å². The van der Waals surface area contributed by atoms with Crippen molar-refractivity contribution >= 4 is 21.8 Å². The van der Waals surface area contributed by atoms with E-state index < -0.39 is 0 Å². The molecule has 112 valence electrons. The monoisotopic (exact) mass is 343 g/mol. The third kappa shape index (κ3) is 5.09. The molecule has 6 heteroatoms. The Balaban J connectivity index is 2.58. The van der Waals surface area contributed by atoms with E-state index in [1.54, 1.807) is 24.2 Å². The zero-order valence-electron chi connectivity index (χ0n) is 12.2. The number of carbonyl (C=O) groups excluding carboxylic acids is 1. The fraction of sp³-hybridized carbons (Fsp3) is 0.571. The van der Waals surface area contributed by atoms with Gasteiger partial charge in [-0.05, 0) is 34.3 Å². The minimum Gasteiger partial charge on any atom is -0.344 e. The minimum atomic E-state index is -0.186. The maximum Gasteiger partial charge on any atom is 0.251 e. The third-order valence-corrected chi connectivity index (χ3v) is 3.80. The van der Waals surface area contributed by atoms with E-state index in [9.17, 15) is 9.59 Å². The van der Waals surface area contributed by atoms with Gasteiger partial charge >= 0.3 is 0 Å². The van der Waals surface area contributed by atoms with Crippen molar-refractivity contribution in [2.24, 2.45) is 11.7 Å². The number of carbonyl (C=O) groups is 1. The van der Waals surface area contributed by atoms with E-state index in [4.69, 9.17) is 5.73 Å². The molecule has 0 aliphatic rings. The highest BCUT2D eigenvalue weighted by Gasteiger charge is 2.13. The summed E-state index contributed by atoms with van der Waals surface area (Å²) in [6.45, 7) is 4.77. The van der Waals surface area contributed by atoms with Gasteiger partial charge in [-0.15, -0.1) is 0 Å². The molecule has 0 saturated carbocycles. The number of pyridine rings is 1. The standard InChI is InChI=1S/C14H22BrN3O2/c1-10(2)12(16)6-7-17(3)14(20)9-18-8-11(15)4-5-13(18)19/h4-5,8,10,12H,6-7,9,16H2,1-3H3. The molecule has 0 spiro atoms.